The Balaban J connectivity index is 1.97. The zero-order valence-electron chi connectivity index (χ0n) is 12.4. The van der Waals surface area contributed by atoms with Crippen LogP contribution in [0.15, 0.2) is 28.2 Å². The van der Waals surface area contributed by atoms with Gasteiger partial charge in [-0.2, -0.15) is 0 Å². The molecule has 1 aromatic carbocycles. The van der Waals surface area contributed by atoms with E-state index in [1.54, 1.807) is 18.2 Å². The highest BCUT2D eigenvalue weighted by atomic mass is 35.5. The third-order valence-electron chi connectivity index (χ3n) is 3.02. The molecule has 0 aliphatic rings. The summed E-state index contributed by atoms with van der Waals surface area (Å²) in [6, 6.07) is 5.01. The number of amides is 1. The lowest BCUT2D eigenvalue weighted by atomic mass is 10.3. The standard InChI is InChI=1S/C14H16Cl2N4O2S/c1-2-3-7-20-13(22)18-19-14(20)23-8-11(21)17-10-6-4-5-9(15)12(10)16/h4-6H,2-3,7-8H2,1H3,(H,17,21)(H,18,22). The van der Waals surface area contributed by atoms with E-state index in [-0.39, 0.29) is 17.3 Å². The highest BCUT2D eigenvalue weighted by Gasteiger charge is 2.12. The highest BCUT2D eigenvalue weighted by molar-refractivity contribution is 7.99. The second-order valence-corrected chi connectivity index (χ2v) is 6.48. The van der Waals surface area contributed by atoms with Crippen LogP contribution in [-0.4, -0.2) is 26.4 Å². The average Bonchev–Trinajstić information content (AvgIpc) is 2.88. The summed E-state index contributed by atoms with van der Waals surface area (Å²) < 4.78 is 1.54. The number of hydrogen-bond acceptors (Lipinski definition) is 4. The van der Waals surface area contributed by atoms with E-state index < -0.39 is 0 Å². The predicted molar refractivity (Wildman–Crippen MR) is 93.6 cm³/mol. The van der Waals surface area contributed by atoms with E-state index in [9.17, 15) is 9.59 Å². The number of carbonyl (C=O) groups excluding carboxylic acids is 1. The quantitative estimate of drug-likeness (QED) is 0.727. The van der Waals surface area contributed by atoms with Crippen LogP contribution in [0.1, 0.15) is 19.8 Å². The molecule has 1 heterocycles. The maximum atomic E-state index is 12.0. The fourth-order valence-corrected chi connectivity index (χ4v) is 2.96. The Morgan fingerprint density at radius 2 is 2.22 bits per heavy atom. The number of anilines is 1. The molecule has 1 aromatic heterocycles. The van der Waals surface area contributed by atoms with Gasteiger partial charge >= 0.3 is 5.69 Å². The van der Waals surface area contributed by atoms with Crippen LogP contribution in [0.5, 0.6) is 0 Å². The van der Waals surface area contributed by atoms with E-state index in [2.05, 4.69) is 15.5 Å². The number of carbonyl (C=O) groups is 1. The fraction of sp³-hybridized carbons (Fsp3) is 0.357. The zero-order chi connectivity index (χ0) is 16.8. The van der Waals surface area contributed by atoms with Crippen molar-refractivity contribution in [2.24, 2.45) is 0 Å². The molecule has 0 bridgehead atoms. The van der Waals surface area contributed by atoms with Gasteiger partial charge in [-0.15, -0.1) is 5.10 Å². The molecule has 6 nitrogen and oxygen atoms in total. The van der Waals surface area contributed by atoms with Crippen molar-refractivity contribution >= 4 is 46.6 Å². The van der Waals surface area contributed by atoms with Gasteiger partial charge in [0.1, 0.15) is 0 Å². The lowest BCUT2D eigenvalue weighted by Gasteiger charge is -2.08. The van der Waals surface area contributed by atoms with Crippen molar-refractivity contribution in [1.29, 1.82) is 0 Å². The van der Waals surface area contributed by atoms with Crippen molar-refractivity contribution < 1.29 is 4.79 Å². The fourth-order valence-electron chi connectivity index (χ4n) is 1.84. The van der Waals surface area contributed by atoms with Gasteiger partial charge in [0, 0.05) is 6.54 Å². The van der Waals surface area contributed by atoms with Gasteiger partial charge in [-0.05, 0) is 18.6 Å². The van der Waals surface area contributed by atoms with Crippen molar-refractivity contribution in [2.75, 3.05) is 11.1 Å². The predicted octanol–water partition coefficient (Wildman–Crippen LogP) is 3.41. The Morgan fingerprint density at radius 3 is 2.96 bits per heavy atom. The number of thioether (sulfide) groups is 1. The normalized spacial score (nSPS) is 10.7. The first-order valence-electron chi connectivity index (χ1n) is 7.04. The van der Waals surface area contributed by atoms with Crippen molar-refractivity contribution in [3.8, 4) is 0 Å². The number of nitrogens with zero attached hydrogens (tertiary/aromatic N) is 2. The molecular formula is C14H16Cl2N4O2S. The molecule has 0 radical (unpaired) electrons. The number of rotatable bonds is 7. The van der Waals surface area contributed by atoms with E-state index >= 15 is 0 Å². The summed E-state index contributed by atoms with van der Waals surface area (Å²) in [7, 11) is 0. The zero-order valence-corrected chi connectivity index (χ0v) is 14.8. The van der Waals surface area contributed by atoms with E-state index in [0.29, 0.717) is 27.4 Å². The van der Waals surface area contributed by atoms with Crippen LogP contribution in [0.25, 0.3) is 0 Å². The first-order chi connectivity index (χ1) is 11.0. The first kappa shape index (κ1) is 17.9. The van der Waals surface area contributed by atoms with Gasteiger partial charge < -0.3 is 5.32 Å². The molecule has 2 aromatic rings. The van der Waals surface area contributed by atoms with Crippen molar-refractivity contribution in [1.82, 2.24) is 14.8 Å². The third-order valence-corrected chi connectivity index (χ3v) is 4.81. The molecule has 2 N–H and O–H groups in total. The first-order valence-corrected chi connectivity index (χ1v) is 8.79. The number of hydrogen-bond donors (Lipinski definition) is 2. The number of aromatic amines is 1. The molecule has 0 aliphatic carbocycles. The van der Waals surface area contributed by atoms with Crippen LogP contribution in [0.4, 0.5) is 5.69 Å². The van der Waals surface area contributed by atoms with E-state index in [4.69, 9.17) is 23.2 Å². The lowest BCUT2D eigenvalue weighted by molar-refractivity contribution is -0.113. The largest absolute Gasteiger partial charge is 0.343 e. The van der Waals surface area contributed by atoms with Crippen LogP contribution in [0.2, 0.25) is 10.0 Å². The minimum atomic E-state index is -0.265. The number of H-pyrrole nitrogens is 1. The Bertz CT molecular complexity index is 745. The Labute approximate surface area is 147 Å². The molecule has 1 amide bonds. The highest BCUT2D eigenvalue weighted by Crippen LogP contribution is 2.29. The number of unbranched alkanes of at least 4 members (excludes halogenated alkanes) is 1. The van der Waals surface area contributed by atoms with Crippen molar-refractivity contribution in [3.05, 3.63) is 38.7 Å². The average molecular weight is 375 g/mol. The molecule has 124 valence electrons. The van der Waals surface area contributed by atoms with Gasteiger partial charge in [0.25, 0.3) is 0 Å². The van der Waals surface area contributed by atoms with Crippen LogP contribution in [0, 0.1) is 0 Å². The molecule has 0 unspecified atom stereocenters. The van der Waals surface area contributed by atoms with E-state index in [0.717, 1.165) is 12.8 Å². The Morgan fingerprint density at radius 1 is 1.43 bits per heavy atom. The van der Waals surface area contributed by atoms with Crippen LogP contribution >= 0.6 is 35.0 Å². The molecule has 0 saturated heterocycles. The summed E-state index contributed by atoms with van der Waals surface area (Å²) in [5.41, 5.74) is 0.189. The number of benzene rings is 1. The van der Waals surface area contributed by atoms with Gasteiger partial charge in [-0.3, -0.25) is 9.36 Å². The SMILES string of the molecule is CCCCn1c(SCC(=O)Nc2cccc(Cl)c2Cl)n[nH]c1=O. The number of aromatic nitrogens is 3. The summed E-state index contributed by atoms with van der Waals surface area (Å²) in [5, 5.41) is 10.2. The second-order valence-electron chi connectivity index (χ2n) is 4.75. The molecule has 0 aliphatic heterocycles. The minimum absolute atomic E-state index is 0.110. The summed E-state index contributed by atoms with van der Waals surface area (Å²) in [6.07, 6.45) is 1.84. The maximum absolute atomic E-state index is 12.0. The Hall–Kier alpha value is -1.44. The van der Waals surface area contributed by atoms with E-state index in [1.165, 1.54) is 16.3 Å². The Kier molecular flexibility index (Phi) is 6.56. The minimum Gasteiger partial charge on any atom is -0.324 e. The topological polar surface area (TPSA) is 79.8 Å². The van der Waals surface area contributed by atoms with Crippen LogP contribution < -0.4 is 11.0 Å². The molecule has 0 fully saturated rings. The van der Waals surface area contributed by atoms with Crippen LogP contribution in [-0.2, 0) is 11.3 Å². The van der Waals surface area contributed by atoms with Crippen molar-refractivity contribution in [2.45, 2.75) is 31.5 Å². The summed E-state index contributed by atoms with van der Waals surface area (Å²) in [5.74, 6) is -0.143. The lowest BCUT2D eigenvalue weighted by Crippen LogP contribution is -2.19. The molecule has 2 rings (SSSR count). The van der Waals surface area contributed by atoms with Gasteiger partial charge in [-0.25, -0.2) is 9.89 Å². The number of nitrogens with one attached hydrogen (secondary N) is 2. The van der Waals surface area contributed by atoms with Gasteiger partial charge in [0.15, 0.2) is 5.16 Å². The molecule has 0 spiro atoms. The second kappa shape index (κ2) is 8.42. The monoisotopic (exact) mass is 374 g/mol. The molecular weight excluding hydrogens is 359 g/mol. The summed E-state index contributed by atoms with van der Waals surface area (Å²) in [4.78, 5) is 23.7. The summed E-state index contributed by atoms with van der Waals surface area (Å²) >= 11 is 13.1. The molecule has 0 atom stereocenters. The van der Waals surface area contributed by atoms with Crippen molar-refractivity contribution in [3.63, 3.8) is 0 Å². The molecule has 9 heteroatoms. The van der Waals surface area contributed by atoms with Crippen LogP contribution in [0.3, 0.4) is 0 Å². The number of halogens is 2. The van der Waals surface area contributed by atoms with Gasteiger partial charge in [0.05, 0.1) is 21.5 Å². The molecule has 0 saturated carbocycles. The maximum Gasteiger partial charge on any atom is 0.343 e. The van der Waals surface area contributed by atoms with Gasteiger partial charge in [0.2, 0.25) is 5.91 Å². The molecule has 23 heavy (non-hydrogen) atoms. The third kappa shape index (κ3) is 4.76. The van der Waals surface area contributed by atoms with E-state index in [1.807, 2.05) is 6.92 Å². The van der Waals surface area contributed by atoms with Gasteiger partial charge in [-0.1, -0.05) is 54.4 Å². The summed E-state index contributed by atoms with van der Waals surface area (Å²) in [6.45, 7) is 2.62. The smallest absolute Gasteiger partial charge is 0.324 e.